The Labute approximate surface area is 100 Å². The van der Waals surface area contributed by atoms with E-state index in [1.807, 2.05) is 23.9 Å². The zero-order valence-corrected chi connectivity index (χ0v) is 10.4. The van der Waals surface area contributed by atoms with Gasteiger partial charge in [-0.15, -0.1) is 11.8 Å². The largest absolute Gasteiger partial charge is 0.481 e. The molecule has 1 unspecified atom stereocenters. The number of hydrogen-bond donors (Lipinski definition) is 1. The van der Waals surface area contributed by atoms with Gasteiger partial charge in [-0.3, -0.25) is 4.79 Å². The zero-order valence-electron chi connectivity index (χ0n) is 9.56. The minimum absolute atomic E-state index is 0.0530. The molecule has 1 N–H and O–H groups in total. The van der Waals surface area contributed by atoms with Crippen molar-refractivity contribution in [3.63, 3.8) is 0 Å². The van der Waals surface area contributed by atoms with Gasteiger partial charge in [-0.2, -0.15) is 0 Å². The smallest absolute Gasteiger partial charge is 0.303 e. The lowest BCUT2D eigenvalue weighted by molar-refractivity contribution is -0.138. The van der Waals surface area contributed by atoms with Crippen LogP contribution in [-0.4, -0.2) is 16.8 Å². The third kappa shape index (κ3) is 2.09. The van der Waals surface area contributed by atoms with E-state index in [2.05, 4.69) is 26.0 Å². The quantitative estimate of drug-likeness (QED) is 0.855. The van der Waals surface area contributed by atoms with E-state index >= 15 is 0 Å². The number of rotatable bonds is 2. The van der Waals surface area contributed by atoms with Crippen molar-refractivity contribution in [2.75, 3.05) is 5.75 Å². The Bertz CT molecular complexity index is 412. The molecule has 2 nitrogen and oxygen atoms in total. The van der Waals surface area contributed by atoms with Crippen LogP contribution in [0.2, 0.25) is 0 Å². The highest BCUT2D eigenvalue weighted by Crippen LogP contribution is 2.49. The van der Waals surface area contributed by atoms with E-state index in [1.165, 1.54) is 10.5 Å². The second-order valence-corrected chi connectivity index (χ2v) is 5.98. The molecule has 0 aromatic heterocycles. The first-order chi connectivity index (χ1) is 7.50. The van der Waals surface area contributed by atoms with E-state index in [0.717, 1.165) is 5.75 Å². The topological polar surface area (TPSA) is 37.3 Å². The van der Waals surface area contributed by atoms with Gasteiger partial charge in [0.25, 0.3) is 0 Å². The summed E-state index contributed by atoms with van der Waals surface area (Å²) in [4.78, 5) is 12.2. The first-order valence-electron chi connectivity index (χ1n) is 5.44. The lowest BCUT2D eigenvalue weighted by Crippen LogP contribution is -2.30. The first-order valence-corrected chi connectivity index (χ1v) is 6.43. The molecule has 0 saturated carbocycles. The summed E-state index contributed by atoms with van der Waals surface area (Å²) in [6.07, 6.45) is 0.227. The van der Waals surface area contributed by atoms with Crippen LogP contribution in [-0.2, 0) is 4.79 Å². The Morgan fingerprint density at radius 3 is 2.88 bits per heavy atom. The van der Waals surface area contributed by atoms with Crippen LogP contribution in [0.5, 0.6) is 0 Å². The molecule has 16 heavy (non-hydrogen) atoms. The molecule has 1 aromatic rings. The van der Waals surface area contributed by atoms with Gasteiger partial charge < -0.3 is 5.11 Å². The Morgan fingerprint density at radius 1 is 1.50 bits per heavy atom. The van der Waals surface area contributed by atoms with E-state index in [9.17, 15) is 4.79 Å². The van der Waals surface area contributed by atoms with Gasteiger partial charge in [0.1, 0.15) is 0 Å². The van der Waals surface area contributed by atoms with Crippen molar-refractivity contribution in [2.45, 2.75) is 31.1 Å². The molecule has 1 aliphatic heterocycles. The third-order valence-electron chi connectivity index (χ3n) is 3.22. The van der Waals surface area contributed by atoms with Crippen molar-refractivity contribution in [3.8, 4) is 0 Å². The lowest BCUT2D eigenvalue weighted by atomic mass is 9.74. The second-order valence-electron chi connectivity index (χ2n) is 4.97. The molecule has 0 saturated heterocycles. The van der Waals surface area contributed by atoms with Crippen LogP contribution >= 0.6 is 11.8 Å². The number of thioether (sulfide) groups is 1. The molecule has 3 heteroatoms. The predicted molar refractivity (Wildman–Crippen MR) is 65.9 cm³/mol. The Balaban J connectivity index is 2.41. The van der Waals surface area contributed by atoms with E-state index in [0.29, 0.717) is 0 Å². The average molecular weight is 236 g/mol. The summed E-state index contributed by atoms with van der Waals surface area (Å²) in [5, 5.41) is 9.02. The molecule has 1 atom stereocenters. The molecule has 0 radical (unpaired) electrons. The molecule has 2 rings (SSSR count). The standard InChI is InChI=1S/C13H16O2S/c1-13(2)8-16-11-6-4-3-5-9(11)10(13)7-12(14)15/h3-6,10H,7-8H2,1-2H3,(H,14,15). The number of carbonyl (C=O) groups is 1. The van der Waals surface area contributed by atoms with Crippen LogP contribution in [0.1, 0.15) is 31.7 Å². The fourth-order valence-corrected chi connectivity index (χ4v) is 3.53. The molecule has 0 fully saturated rings. The fourth-order valence-electron chi connectivity index (χ4n) is 2.25. The van der Waals surface area contributed by atoms with Crippen LogP contribution < -0.4 is 0 Å². The van der Waals surface area contributed by atoms with Gasteiger partial charge >= 0.3 is 5.97 Å². The molecule has 1 aliphatic rings. The molecular formula is C13H16O2S. The van der Waals surface area contributed by atoms with Gasteiger partial charge in [-0.25, -0.2) is 0 Å². The maximum Gasteiger partial charge on any atom is 0.303 e. The number of fused-ring (bicyclic) bond motifs is 1. The van der Waals surface area contributed by atoms with Crippen molar-refractivity contribution in [1.82, 2.24) is 0 Å². The normalized spacial score (nSPS) is 22.5. The van der Waals surface area contributed by atoms with E-state index in [4.69, 9.17) is 5.11 Å². The predicted octanol–water partition coefficient (Wildman–Crippen LogP) is 3.38. The average Bonchev–Trinajstić information content (AvgIpc) is 2.22. The van der Waals surface area contributed by atoms with Crippen molar-refractivity contribution < 1.29 is 9.90 Å². The summed E-state index contributed by atoms with van der Waals surface area (Å²) >= 11 is 1.83. The van der Waals surface area contributed by atoms with E-state index in [1.54, 1.807) is 0 Å². The monoisotopic (exact) mass is 236 g/mol. The van der Waals surface area contributed by atoms with Crippen LogP contribution in [0.25, 0.3) is 0 Å². The molecule has 86 valence electrons. The van der Waals surface area contributed by atoms with Gasteiger partial charge in [0.2, 0.25) is 0 Å². The number of carboxylic acid groups (broad SMARTS) is 1. The molecule has 1 aromatic carbocycles. The minimum Gasteiger partial charge on any atom is -0.481 e. The van der Waals surface area contributed by atoms with Crippen molar-refractivity contribution in [2.24, 2.45) is 5.41 Å². The molecule has 0 amide bonds. The lowest BCUT2D eigenvalue weighted by Gasteiger charge is -2.38. The summed E-state index contributed by atoms with van der Waals surface area (Å²) in [5.74, 6) is 0.407. The Morgan fingerprint density at radius 2 is 2.19 bits per heavy atom. The highest BCUT2D eigenvalue weighted by Gasteiger charge is 2.37. The molecule has 0 aliphatic carbocycles. The molecule has 0 bridgehead atoms. The third-order valence-corrected chi connectivity index (χ3v) is 4.79. The fraction of sp³-hybridized carbons (Fsp3) is 0.462. The maximum absolute atomic E-state index is 11.0. The zero-order chi connectivity index (χ0) is 11.8. The van der Waals surface area contributed by atoms with E-state index in [-0.39, 0.29) is 17.8 Å². The van der Waals surface area contributed by atoms with Crippen LogP contribution in [0.3, 0.4) is 0 Å². The molecule has 1 heterocycles. The Kier molecular flexibility index (Phi) is 2.98. The molecule has 0 spiro atoms. The Hall–Kier alpha value is -0.960. The minimum atomic E-state index is -0.709. The number of carboxylic acids is 1. The van der Waals surface area contributed by atoms with Gasteiger partial charge in [0.15, 0.2) is 0 Å². The SMILES string of the molecule is CC1(C)CSc2ccccc2C1CC(=O)O. The highest BCUT2D eigenvalue weighted by molar-refractivity contribution is 7.99. The highest BCUT2D eigenvalue weighted by atomic mass is 32.2. The number of aliphatic carboxylic acids is 1. The summed E-state index contributed by atoms with van der Waals surface area (Å²) in [5.41, 5.74) is 1.25. The van der Waals surface area contributed by atoms with Gasteiger partial charge in [-0.1, -0.05) is 32.0 Å². The van der Waals surface area contributed by atoms with Gasteiger partial charge in [0.05, 0.1) is 6.42 Å². The number of hydrogen-bond acceptors (Lipinski definition) is 2. The van der Waals surface area contributed by atoms with Crippen molar-refractivity contribution >= 4 is 17.7 Å². The molecular weight excluding hydrogens is 220 g/mol. The number of benzene rings is 1. The van der Waals surface area contributed by atoms with Crippen molar-refractivity contribution in [1.29, 1.82) is 0 Å². The maximum atomic E-state index is 11.0. The van der Waals surface area contributed by atoms with Crippen molar-refractivity contribution in [3.05, 3.63) is 29.8 Å². The van der Waals surface area contributed by atoms with E-state index < -0.39 is 5.97 Å². The van der Waals surface area contributed by atoms with Crippen LogP contribution in [0, 0.1) is 5.41 Å². The van der Waals surface area contributed by atoms with Gasteiger partial charge in [0, 0.05) is 16.6 Å². The second kappa shape index (κ2) is 4.13. The van der Waals surface area contributed by atoms with Crippen LogP contribution in [0.4, 0.5) is 0 Å². The summed E-state index contributed by atoms with van der Waals surface area (Å²) in [6.45, 7) is 4.31. The summed E-state index contributed by atoms with van der Waals surface area (Å²) in [6, 6.07) is 8.17. The first kappa shape index (κ1) is 11.5. The van der Waals surface area contributed by atoms with Crippen LogP contribution in [0.15, 0.2) is 29.2 Å². The summed E-state index contributed by atoms with van der Waals surface area (Å²) in [7, 11) is 0. The summed E-state index contributed by atoms with van der Waals surface area (Å²) < 4.78 is 0. The van der Waals surface area contributed by atoms with Gasteiger partial charge in [-0.05, 0) is 17.0 Å².